The SMILES string of the molecule is COCO[C@H]1CN(C2CC(=O)N(c3ccccc3)C2=O)C[C@@H]1OCOC. The van der Waals surface area contributed by atoms with E-state index in [0.717, 1.165) is 0 Å². The minimum absolute atomic E-state index is 0.138. The summed E-state index contributed by atoms with van der Waals surface area (Å²) in [5.41, 5.74) is 0.601. The number of hydrogen-bond donors (Lipinski definition) is 0. The van der Waals surface area contributed by atoms with Crippen LogP contribution in [0.3, 0.4) is 0 Å². The average molecular weight is 364 g/mol. The fourth-order valence-electron chi connectivity index (χ4n) is 3.41. The Labute approximate surface area is 152 Å². The van der Waals surface area contributed by atoms with E-state index < -0.39 is 6.04 Å². The molecule has 0 aliphatic carbocycles. The van der Waals surface area contributed by atoms with Gasteiger partial charge in [-0.25, -0.2) is 4.90 Å². The predicted molar refractivity (Wildman–Crippen MR) is 92.4 cm³/mol. The van der Waals surface area contributed by atoms with Crippen molar-refractivity contribution < 1.29 is 28.5 Å². The second-order valence-electron chi connectivity index (χ2n) is 6.30. The molecule has 8 heteroatoms. The number of carbonyl (C=O) groups is 2. The first-order valence-electron chi connectivity index (χ1n) is 8.52. The van der Waals surface area contributed by atoms with Gasteiger partial charge in [-0.3, -0.25) is 14.5 Å². The second-order valence-corrected chi connectivity index (χ2v) is 6.30. The molecule has 0 saturated carbocycles. The van der Waals surface area contributed by atoms with E-state index in [1.54, 1.807) is 26.4 Å². The molecule has 1 aromatic rings. The number of benzene rings is 1. The van der Waals surface area contributed by atoms with Gasteiger partial charge in [-0.1, -0.05) is 18.2 Å². The summed E-state index contributed by atoms with van der Waals surface area (Å²) in [6.45, 7) is 1.26. The lowest BCUT2D eigenvalue weighted by molar-refractivity contribution is -0.139. The molecule has 3 atom stereocenters. The Morgan fingerprint density at radius 3 is 2.08 bits per heavy atom. The largest absolute Gasteiger partial charge is 0.359 e. The highest BCUT2D eigenvalue weighted by Gasteiger charge is 2.47. The van der Waals surface area contributed by atoms with Gasteiger partial charge < -0.3 is 18.9 Å². The van der Waals surface area contributed by atoms with Gasteiger partial charge in [0.15, 0.2) is 0 Å². The maximum atomic E-state index is 12.9. The van der Waals surface area contributed by atoms with E-state index in [9.17, 15) is 9.59 Å². The maximum absolute atomic E-state index is 12.9. The monoisotopic (exact) mass is 364 g/mol. The standard InChI is InChI=1S/C18H24N2O6/c1-23-11-25-15-9-19(10-16(15)26-12-24-2)14-8-17(21)20(18(14)22)13-6-4-3-5-7-13/h3-7,14-16H,8-12H2,1-2H3/t14?,15-,16-/m0/s1. The first-order chi connectivity index (χ1) is 12.7. The second kappa shape index (κ2) is 8.70. The maximum Gasteiger partial charge on any atom is 0.251 e. The fraction of sp³-hybridized carbons (Fsp3) is 0.556. The Kier molecular flexibility index (Phi) is 6.33. The van der Waals surface area contributed by atoms with Crippen molar-refractivity contribution in [2.24, 2.45) is 0 Å². The van der Waals surface area contributed by atoms with Gasteiger partial charge in [-0.05, 0) is 12.1 Å². The van der Waals surface area contributed by atoms with Crippen molar-refractivity contribution in [2.45, 2.75) is 24.7 Å². The number of hydrogen-bond acceptors (Lipinski definition) is 7. The summed E-state index contributed by atoms with van der Waals surface area (Å²) in [4.78, 5) is 28.5. The summed E-state index contributed by atoms with van der Waals surface area (Å²) in [6, 6.07) is 8.48. The molecule has 2 heterocycles. The van der Waals surface area contributed by atoms with Gasteiger partial charge in [0, 0.05) is 27.3 Å². The van der Waals surface area contributed by atoms with Gasteiger partial charge in [-0.2, -0.15) is 0 Å². The number of likely N-dealkylation sites (tertiary alicyclic amines) is 1. The zero-order chi connectivity index (χ0) is 18.5. The zero-order valence-electron chi connectivity index (χ0n) is 15.0. The number of amides is 2. The van der Waals surface area contributed by atoms with Crippen molar-refractivity contribution in [2.75, 3.05) is 45.8 Å². The molecule has 1 unspecified atom stereocenters. The molecule has 0 aromatic heterocycles. The molecule has 2 aliphatic heterocycles. The number of carbonyl (C=O) groups excluding carboxylic acids is 2. The average Bonchev–Trinajstić information content (AvgIpc) is 3.19. The third-order valence-corrected chi connectivity index (χ3v) is 4.62. The molecule has 142 valence electrons. The Hall–Kier alpha value is -1.84. The highest BCUT2D eigenvalue weighted by molar-refractivity contribution is 6.22. The van der Waals surface area contributed by atoms with E-state index in [1.165, 1.54) is 4.90 Å². The number of imide groups is 1. The van der Waals surface area contributed by atoms with Gasteiger partial charge in [0.2, 0.25) is 5.91 Å². The van der Waals surface area contributed by atoms with Crippen molar-refractivity contribution in [3.8, 4) is 0 Å². The van der Waals surface area contributed by atoms with Gasteiger partial charge in [0.25, 0.3) is 5.91 Å². The van der Waals surface area contributed by atoms with Crippen LogP contribution >= 0.6 is 0 Å². The van der Waals surface area contributed by atoms with Crippen molar-refractivity contribution in [3.63, 3.8) is 0 Å². The molecule has 0 radical (unpaired) electrons. The van der Waals surface area contributed by atoms with Crippen LogP contribution in [0.5, 0.6) is 0 Å². The lowest BCUT2D eigenvalue weighted by atomic mass is 10.2. The first kappa shape index (κ1) is 18.9. The first-order valence-corrected chi connectivity index (χ1v) is 8.52. The van der Waals surface area contributed by atoms with Crippen molar-refractivity contribution in [3.05, 3.63) is 30.3 Å². The molecule has 2 amide bonds. The van der Waals surface area contributed by atoms with Crippen molar-refractivity contribution in [1.29, 1.82) is 0 Å². The van der Waals surface area contributed by atoms with Crippen molar-refractivity contribution >= 4 is 17.5 Å². The van der Waals surface area contributed by atoms with Crippen molar-refractivity contribution in [1.82, 2.24) is 4.90 Å². The number of methoxy groups -OCH3 is 2. The Balaban J connectivity index is 1.70. The van der Waals surface area contributed by atoms with Crippen LogP contribution in [-0.2, 0) is 28.5 Å². The summed E-state index contributed by atoms with van der Waals surface area (Å²) in [6.07, 6.45) is -0.348. The number of ether oxygens (including phenoxy) is 4. The van der Waals surface area contributed by atoms with E-state index in [1.807, 2.05) is 23.1 Å². The highest BCUT2D eigenvalue weighted by Crippen LogP contribution is 2.29. The smallest absolute Gasteiger partial charge is 0.251 e. The molecule has 8 nitrogen and oxygen atoms in total. The van der Waals surface area contributed by atoms with E-state index in [-0.39, 0.29) is 44.0 Å². The topological polar surface area (TPSA) is 77.5 Å². The van der Waals surface area contributed by atoms with E-state index in [4.69, 9.17) is 18.9 Å². The third-order valence-electron chi connectivity index (χ3n) is 4.62. The van der Waals surface area contributed by atoms with Crippen LogP contribution in [0.15, 0.2) is 30.3 Å². The van der Waals surface area contributed by atoms with Crippen LogP contribution in [0.25, 0.3) is 0 Å². The van der Waals surface area contributed by atoms with Crippen LogP contribution in [-0.4, -0.2) is 75.9 Å². The molecule has 2 saturated heterocycles. The molecule has 1 aromatic carbocycles. The Morgan fingerprint density at radius 2 is 1.54 bits per heavy atom. The molecule has 0 N–H and O–H groups in total. The molecule has 2 fully saturated rings. The van der Waals surface area contributed by atoms with Gasteiger partial charge in [0.05, 0.1) is 18.2 Å². The summed E-state index contributed by atoms with van der Waals surface area (Å²) < 4.78 is 21.3. The highest BCUT2D eigenvalue weighted by atomic mass is 16.7. The lowest BCUT2D eigenvalue weighted by Gasteiger charge is -2.22. The summed E-state index contributed by atoms with van der Waals surface area (Å²) in [5, 5.41) is 0. The summed E-state index contributed by atoms with van der Waals surface area (Å²) >= 11 is 0. The number of nitrogens with zero attached hydrogens (tertiary/aromatic N) is 2. The normalized spacial score (nSPS) is 26.8. The van der Waals surface area contributed by atoms with Crippen LogP contribution in [0, 0.1) is 0 Å². The van der Waals surface area contributed by atoms with Gasteiger partial charge >= 0.3 is 0 Å². The number of rotatable bonds is 8. The van der Waals surface area contributed by atoms with Crippen LogP contribution in [0.2, 0.25) is 0 Å². The van der Waals surface area contributed by atoms with Gasteiger partial charge in [0.1, 0.15) is 25.8 Å². The summed E-state index contributed by atoms with van der Waals surface area (Å²) in [7, 11) is 3.10. The van der Waals surface area contributed by atoms with Crippen LogP contribution in [0.1, 0.15) is 6.42 Å². The Bertz CT molecular complexity index is 609. The quantitative estimate of drug-likeness (QED) is 0.494. The molecule has 2 aliphatic rings. The lowest BCUT2D eigenvalue weighted by Crippen LogP contribution is -2.41. The molecule has 0 bridgehead atoms. The number of para-hydroxylation sites is 1. The molecule has 26 heavy (non-hydrogen) atoms. The minimum atomic E-state index is -0.507. The van der Waals surface area contributed by atoms with Crippen LogP contribution in [0.4, 0.5) is 5.69 Å². The number of anilines is 1. The molecular weight excluding hydrogens is 340 g/mol. The molecule has 0 spiro atoms. The molecular formula is C18H24N2O6. The predicted octanol–water partition coefficient (Wildman–Crippen LogP) is 0.612. The van der Waals surface area contributed by atoms with Gasteiger partial charge in [-0.15, -0.1) is 0 Å². The van der Waals surface area contributed by atoms with E-state index in [0.29, 0.717) is 18.8 Å². The van der Waals surface area contributed by atoms with Crippen LogP contribution < -0.4 is 4.90 Å². The fourth-order valence-corrected chi connectivity index (χ4v) is 3.41. The third kappa shape index (κ3) is 3.94. The van der Waals surface area contributed by atoms with E-state index >= 15 is 0 Å². The van der Waals surface area contributed by atoms with E-state index in [2.05, 4.69) is 0 Å². The minimum Gasteiger partial charge on any atom is -0.359 e. The zero-order valence-corrected chi connectivity index (χ0v) is 15.0. The molecule has 3 rings (SSSR count). The summed E-state index contributed by atoms with van der Waals surface area (Å²) in [5.74, 6) is -0.402. The Morgan fingerprint density at radius 1 is 0.962 bits per heavy atom.